The Kier molecular flexibility index (Phi) is 4.13. The molecule has 1 fully saturated rings. The average molecular weight is 293 g/mol. The Morgan fingerprint density at radius 2 is 2.30 bits per heavy atom. The number of thiophene rings is 1. The Hall–Kier alpha value is -0.870. The van der Waals surface area contributed by atoms with Crippen LogP contribution in [0.2, 0.25) is 0 Å². The molecular weight excluding hydrogens is 270 g/mol. The van der Waals surface area contributed by atoms with E-state index in [-0.39, 0.29) is 18.6 Å². The highest BCUT2D eigenvalue weighted by molar-refractivity contribution is 7.14. The highest BCUT2D eigenvalue weighted by Crippen LogP contribution is 2.33. The number of amides is 1. The highest BCUT2D eigenvalue weighted by atomic mass is 32.1. The van der Waals surface area contributed by atoms with Gasteiger partial charge in [-0.3, -0.25) is 4.79 Å². The van der Waals surface area contributed by atoms with Gasteiger partial charge in [0.05, 0.1) is 17.5 Å². The fourth-order valence-electron chi connectivity index (χ4n) is 3.41. The van der Waals surface area contributed by atoms with E-state index in [1.807, 2.05) is 4.90 Å². The summed E-state index contributed by atoms with van der Waals surface area (Å²) in [4.78, 5) is 16.9. The van der Waals surface area contributed by atoms with Crippen LogP contribution in [-0.2, 0) is 12.8 Å². The van der Waals surface area contributed by atoms with Gasteiger partial charge in [0, 0.05) is 11.4 Å². The van der Waals surface area contributed by atoms with Crippen molar-refractivity contribution in [2.24, 2.45) is 5.92 Å². The van der Waals surface area contributed by atoms with E-state index in [1.165, 1.54) is 16.9 Å². The van der Waals surface area contributed by atoms with Crippen LogP contribution >= 0.6 is 11.3 Å². The van der Waals surface area contributed by atoms with Gasteiger partial charge in [0.25, 0.3) is 5.91 Å². The molecule has 110 valence electrons. The van der Waals surface area contributed by atoms with E-state index < -0.39 is 0 Å². The first-order valence-corrected chi connectivity index (χ1v) is 8.54. The molecule has 1 amide bonds. The molecule has 2 heterocycles. The number of aliphatic hydroxyl groups excluding tert-OH is 1. The molecule has 2 unspecified atom stereocenters. The van der Waals surface area contributed by atoms with Gasteiger partial charge in [0.2, 0.25) is 0 Å². The first kappa shape index (κ1) is 14.1. The summed E-state index contributed by atoms with van der Waals surface area (Å²) >= 11 is 1.68. The summed E-state index contributed by atoms with van der Waals surface area (Å²) in [5, 5.41) is 9.46. The molecule has 1 aliphatic carbocycles. The molecule has 0 saturated carbocycles. The van der Waals surface area contributed by atoms with Crippen LogP contribution in [0.3, 0.4) is 0 Å². The normalized spacial score (nSPS) is 26.4. The fraction of sp³-hybridized carbons (Fsp3) is 0.688. The van der Waals surface area contributed by atoms with Crippen LogP contribution in [0, 0.1) is 5.92 Å². The summed E-state index contributed by atoms with van der Waals surface area (Å²) in [6.45, 7) is 3.17. The second-order valence-electron chi connectivity index (χ2n) is 6.24. The molecule has 1 aromatic heterocycles. The number of hydrogen-bond acceptors (Lipinski definition) is 3. The molecule has 1 aliphatic heterocycles. The monoisotopic (exact) mass is 293 g/mol. The van der Waals surface area contributed by atoms with Gasteiger partial charge in [-0.2, -0.15) is 0 Å². The van der Waals surface area contributed by atoms with Crippen molar-refractivity contribution < 1.29 is 9.90 Å². The second kappa shape index (κ2) is 5.86. The smallest absolute Gasteiger partial charge is 0.264 e. The van der Waals surface area contributed by atoms with Crippen molar-refractivity contribution in [1.29, 1.82) is 0 Å². The van der Waals surface area contributed by atoms with Crippen molar-refractivity contribution in [3.05, 3.63) is 21.4 Å². The summed E-state index contributed by atoms with van der Waals surface area (Å²) in [6, 6.07) is 2.13. The predicted molar refractivity (Wildman–Crippen MR) is 81.3 cm³/mol. The Labute approximate surface area is 124 Å². The topological polar surface area (TPSA) is 40.5 Å². The molecule has 1 aromatic rings. The fourth-order valence-corrected chi connectivity index (χ4v) is 4.57. The molecule has 1 saturated heterocycles. The number of hydrogen-bond donors (Lipinski definition) is 1. The van der Waals surface area contributed by atoms with E-state index in [1.54, 1.807) is 11.3 Å². The maximum atomic E-state index is 12.7. The summed E-state index contributed by atoms with van der Waals surface area (Å²) in [6.07, 6.45) is 6.59. The lowest BCUT2D eigenvalue weighted by Crippen LogP contribution is -2.45. The van der Waals surface area contributed by atoms with Gasteiger partial charge in [0.1, 0.15) is 0 Å². The number of rotatable bonds is 2. The van der Waals surface area contributed by atoms with Gasteiger partial charge >= 0.3 is 0 Å². The number of fused-ring (bicyclic) bond motifs is 1. The minimum atomic E-state index is 0.0225. The van der Waals surface area contributed by atoms with E-state index in [2.05, 4.69) is 13.0 Å². The van der Waals surface area contributed by atoms with E-state index in [9.17, 15) is 9.90 Å². The van der Waals surface area contributed by atoms with Crippen molar-refractivity contribution >= 4 is 17.2 Å². The highest BCUT2D eigenvalue weighted by Gasteiger charge is 2.29. The minimum absolute atomic E-state index is 0.0225. The maximum Gasteiger partial charge on any atom is 0.264 e. The van der Waals surface area contributed by atoms with E-state index in [0.717, 1.165) is 49.4 Å². The number of aliphatic hydroxyl groups is 1. The Bertz CT molecular complexity index is 497. The molecule has 0 bridgehead atoms. The lowest BCUT2D eigenvalue weighted by atomic mass is 9.90. The zero-order valence-corrected chi connectivity index (χ0v) is 12.9. The van der Waals surface area contributed by atoms with Crippen LogP contribution in [0.15, 0.2) is 6.07 Å². The van der Waals surface area contributed by atoms with E-state index in [4.69, 9.17) is 0 Å². The van der Waals surface area contributed by atoms with Gasteiger partial charge in [-0.1, -0.05) is 6.92 Å². The quantitative estimate of drug-likeness (QED) is 0.911. The van der Waals surface area contributed by atoms with Crippen LogP contribution in [0.4, 0.5) is 0 Å². The van der Waals surface area contributed by atoms with Crippen LogP contribution < -0.4 is 0 Å². The van der Waals surface area contributed by atoms with Crippen molar-refractivity contribution in [3.63, 3.8) is 0 Å². The molecule has 4 heteroatoms. The first-order valence-electron chi connectivity index (χ1n) is 7.72. The van der Waals surface area contributed by atoms with Crippen LogP contribution in [-0.4, -0.2) is 35.1 Å². The maximum absolute atomic E-state index is 12.7. The average Bonchev–Trinajstić information content (AvgIpc) is 2.89. The molecule has 2 atom stereocenters. The molecule has 1 N–H and O–H groups in total. The van der Waals surface area contributed by atoms with Crippen molar-refractivity contribution in [3.8, 4) is 0 Å². The largest absolute Gasteiger partial charge is 0.394 e. The van der Waals surface area contributed by atoms with Crippen LogP contribution in [0.5, 0.6) is 0 Å². The number of carbonyl (C=O) groups is 1. The summed E-state index contributed by atoms with van der Waals surface area (Å²) in [7, 11) is 0. The van der Waals surface area contributed by atoms with Gasteiger partial charge in [-0.15, -0.1) is 11.3 Å². The third-order valence-corrected chi connectivity index (χ3v) is 5.86. The number of piperidine rings is 1. The molecule has 3 nitrogen and oxygen atoms in total. The SMILES string of the molecule is CC1CCc2sc(C(=O)N3CCCCC3CO)cc2C1. The molecule has 0 spiro atoms. The van der Waals surface area contributed by atoms with Crippen LogP contribution in [0.25, 0.3) is 0 Å². The van der Waals surface area contributed by atoms with Crippen molar-refractivity contribution in [1.82, 2.24) is 4.90 Å². The second-order valence-corrected chi connectivity index (χ2v) is 7.37. The summed E-state index contributed by atoms with van der Waals surface area (Å²) < 4.78 is 0. The van der Waals surface area contributed by atoms with Crippen molar-refractivity contribution in [2.75, 3.05) is 13.2 Å². The van der Waals surface area contributed by atoms with Gasteiger partial charge in [0.15, 0.2) is 0 Å². The van der Waals surface area contributed by atoms with E-state index >= 15 is 0 Å². The molecule has 0 aromatic carbocycles. The Balaban J connectivity index is 1.80. The lowest BCUT2D eigenvalue weighted by molar-refractivity contribution is 0.0507. The molecule has 20 heavy (non-hydrogen) atoms. The lowest BCUT2D eigenvalue weighted by Gasteiger charge is -2.34. The molecule has 3 rings (SSSR count). The van der Waals surface area contributed by atoms with Gasteiger partial charge in [-0.25, -0.2) is 0 Å². The number of nitrogens with zero attached hydrogens (tertiary/aromatic N) is 1. The molecular formula is C16H23NO2S. The summed E-state index contributed by atoms with van der Waals surface area (Å²) in [5.41, 5.74) is 1.38. The third kappa shape index (κ3) is 2.63. The molecule has 0 radical (unpaired) electrons. The first-order chi connectivity index (χ1) is 9.69. The van der Waals surface area contributed by atoms with E-state index in [0.29, 0.717) is 0 Å². The standard InChI is InChI=1S/C16H23NO2S/c1-11-5-6-14-12(8-11)9-15(20-14)16(19)17-7-3-2-4-13(17)10-18/h9,11,13,18H,2-8,10H2,1H3. The Morgan fingerprint density at radius 1 is 1.45 bits per heavy atom. The van der Waals surface area contributed by atoms with Gasteiger partial charge < -0.3 is 10.0 Å². The summed E-state index contributed by atoms with van der Waals surface area (Å²) in [5.74, 6) is 0.871. The van der Waals surface area contributed by atoms with Gasteiger partial charge in [-0.05, 0) is 56.1 Å². The minimum Gasteiger partial charge on any atom is -0.394 e. The predicted octanol–water partition coefficient (Wildman–Crippen LogP) is 2.86. The molecule has 2 aliphatic rings. The third-order valence-electron chi connectivity index (χ3n) is 4.64. The van der Waals surface area contributed by atoms with Crippen molar-refractivity contribution in [2.45, 2.75) is 51.5 Å². The number of carbonyl (C=O) groups excluding carboxylic acids is 1. The number of aryl methyl sites for hydroxylation is 1. The van der Waals surface area contributed by atoms with Crippen LogP contribution in [0.1, 0.15) is 52.7 Å². The zero-order valence-electron chi connectivity index (χ0n) is 12.1. The number of likely N-dealkylation sites (tertiary alicyclic amines) is 1. The zero-order chi connectivity index (χ0) is 14.1. The Morgan fingerprint density at radius 3 is 3.10 bits per heavy atom.